The van der Waals surface area contributed by atoms with Crippen molar-refractivity contribution in [3.8, 4) is 5.75 Å². The standard InChI is InChI=1S/C23H22F3N3O2/c1-12(17-9-16(31)10-19(22(17)24)23(25)26)28-21-11-27-29-20-7-4-14(8-18(20)21)13-2-5-15(30)6-3-13/h2,4,7-12,15,23,30-31H,3,5-6H2,1H3,(H,28,29)/t12-,15?/m1/s1. The van der Waals surface area contributed by atoms with Crippen molar-refractivity contribution < 1.29 is 23.4 Å². The number of benzene rings is 2. The van der Waals surface area contributed by atoms with E-state index in [-0.39, 0.29) is 11.7 Å². The Morgan fingerprint density at radius 2 is 1.94 bits per heavy atom. The van der Waals surface area contributed by atoms with Crippen LogP contribution in [0.15, 0.2) is 42.6 Å². The molecule has 0 saturated heterocycles. The Hall–Kier alpha value is -3.13. The van der Waals surface area contributed by atoms with Crippen molar-refractivity contribution in [3.05, 3.63) is 65.1 Å². The zero-order valence-corrected chi connectivity index (χ0v) is 16.8. The maximum Gasteiger partial charge on any atom is 0.266 e. The fourth-order valence-corrected chi connectivity index (χ4v) is 3.89. The van der Waals surface area contributed by atoms with E-state index in [4.69, 9.17) is 0 Å². The van der Waals surface area contributed by atoms with Gasteiger partial charge in [-0.15, -0.1) is 0 Å². The predicted octanol–water partition coefficient (Wildman–Crippen LogP) is 5.51. The van der Waals surface area contributed by atoms with E-state index in [2.05, 4.69) is 15.5 Å². The van der Waals surface area contributed by atoms with Crippen molar-refractivity contribution in [2.24, 2.45) is 0 Å². The van der Waals surface area contributed by atoms with Crippen molar-refractivity contribution >= 4 is 22.2 Å². The van der Waals surface area contributed by atoms with Crippen molar-refractivity contribution in [1.29, 1.82) is 0 Å². The molecule has 3 aromatic rings. The fourth-order valence-electron chi connectivity index (χ4n) is 3.89. The smallest absolute Gasteiger partial charge is 0.266 e. The first-order valence-electron chi connectivity index (χ1n) is 10.0. The van der Waals surface area contributed by atoms with E-state index >= 15 is 0 Å². The summed E-state index contributed by atoms with van der Waals surface area (Å²) in [5.41, 5.74) is 2.41. The summed E-state index contributed by atoms with van der Waals surface area (Å²) in [4.78, 5) is 0. The molecule has 0 bridgehead atoms. The Morgan fingerprint density at radius 3 is 2.65 bits per heavy atom. The molecule has 2 aromatic carbocycles. The summed E-state index contributed by atoms with van der Waals surface area (Å²) in [6, 6.07) is 6.89. The molecule has 162 valence electrons. The molecular formula is C23H22F3N3O2. The lowest BCUT2D eigenvalue weighted by Crippen LogP contribution is -2.11. The van der Waals surface area contributed by atoms with Gasteiger partial charge in [0, 0.05) is 10.9 Å². The minimum atomic E-state index is -3.04. The molecule has 0 aliphatic heterocycles. The number of phenols is 1. The minimum Gasteiger partial charge on any atom is -0.508 e. The van der Waals surface area contributed by atoms with Gasteiger partial charge in [-0.3, -0.25) is 0 Å². The summed E-state index contributed by atoms with van der Waals surface area (Å²) in [7, 11) is 0. The summed E-state index contributed by atoms with van der Waals surface area (Å²) < 4.78 is 40.9. The van der Waals surface area contributed by atoms with Gasteiger partial charge in [-0.05, 0) is 61.6 Å². The van der Waals surface area contributed by atoms with Crippen molar-refractivity contribution in [3.63, 3.8) is 0 Å². The number of aromatic hydroxyl groups is 1. The maximum atomic E-state index is 14.6. The molecule has 1 heterocycles. The second-order valence-electron chi connectivity index (χ2n) is 7.75. The number of aliphatic hydroxyl groups is 1. The quantitative estimate of drug-likeness (QED) is 0.498. The number of rotatable bonds is 5. The van der Waals surface area contributed by atoms with Crippen molar-refractivity contribution in [2.45, 2.75) is 44.8 Å². The fraction of sp³-hybridized carbons (Fsp3) is 0.304. The Labute approximate surface area is 177 Å². The van der Waals surface area contributed by atoms with E-state index in [1.54, 1.807) is 6.92 Å². The highest BCUT2D eigenvalue weighted by molar-refractivity contribution is 5.93. The monoisotopic (exact) mass is 429 g/mol. The topological polar surface area (TPSA) is 78.3 Å². The molecule has 1 aliphatic rings. The summed E-state index contributed by atoms with van der Waals surface area (Å²) >= 11 is 0. The van der Waals surface area contributed by atoms with Crippen molar-refractivity contribution in [2.75, 3.05) is 5.32 Å². The number of hydrogen-bond donors (Lipinski definition) is 3. The van der Waals surface area contributed by atoms with E-state index in [1.807, 2.05) is 24.3 Å². The Balaban J connectivity index is 1.69. The van der Waals surface area contributed by atoms with E-state index in [9.17, 15) is 23.4 Å². The maximum absolute atomic E-state index is 14.6. The number of alkyl halides is 2. The van der Waals surface area contributed by atoms with Crippen LogP contribution in [0, 0.1) is 5.82 Å². The lowest BCUT2D eigenvalue weighted by atomic mass is 9.91. The third-order valence-corrected chi connectivity index (χ3v) is 5.58. The first-order chi connectivity index (χ1) is 14.8. The van der Waals surface area contributed by atoms with Gasteiger partial charge in [-0.1, -0.05) is 12.1 Å². The molecule has 5 nitrogen and oxygen atoms in total. The van der Waals surface area contributed by atoms with Crippen LogP contribution < -0.4 is 5.32 Å². The molecular weight excluding hydrogens is 407 g/mol. The summed E-state index contributed by atoms with van der Waals surface area (Å²) in [5, 5.41) is 31.5. The lowest BCUT2D eigenvalue weighted by molar-refractivity contribution is 0.145. The molecule has 1 unspecified atom stereocenters. The SMILES string of the molecule is C[C@@H](Nc1cnnc2ccc(C3=CCC(O)CC3)cc12)c1cc(O)cc(C(F)F)c1F. The predicted molar refractivity (Wildman–Crippen MR) is 112 cm³/mol. The molecule has 0 radical (unpaired) electrons. The van der Waals surface area contributed by atoms with Crippen LogP contribution in [-0.4, -0.2) is 26.5 Å². The van der Waals surface area contributed by atoms with Gasteiger partial charge in [0.2, 0.25) is 0 Å². The zero-order chi connectivity index (χ0) is 22.1. The highest BCUT2D eigenvalue weighted by Gasteiger charge is 2.22. The number of halogens is 3. The molecule has 0 fully saturated rings. The number of nitrogens with zero attached hydrogens (tertiary/aromatic N) is 2. The molecule has 4 rings (SSSR count). The van der Waals surface area contributed by atoms with Gasteiger partial charge in [0.05, 0.1) is 35.1 Å². The number of aliphatic hydroxyl groups excluding tert-OH is 1. The third kappa shape index (κ3) is 4.34. The van der Waals surface area contributed by atoms with Crippen LogP contribution in [-0.2, 0) is 0 Å². The van der Waals surface area contributed by atoms with Gasteiger partial charge >= 0.3 is 0 Å². The normalized spacial score (nSPS) is 17.6. The molecule has 8 heteroatoms. The highest BCUT2D eigenvalue weighted by atomic mass is 19.3. The largest absolute Gasteiger partial charge is 0.508 e. The Kier molecular flexibility index (Phi) is 5.82. The number of phenolic OH excluding ortho intramolecular Hbond substituents is 1. The Morgan fingerprint density at radius 1 is 1.16 bits per heavy atom. The molecule has 31 heavy (non-hydrogen) atoms. The minimum absolute atomic E-state index is 0.0691. The average molecular weight is 429 g/mol. The van der Waals surface area contributed by atoms with Crippen LogP contribution in [0.4, 0.5) is 18.9 Å². The van der Waals surface area contributed by atoms with Crippen LogP contribution in [0.3, 0.4) is 0 Å². The van der Waals surface area contributed by atoms with E-state index in [1.165, 1.54) is 6.20 Å². The number of hydrogen-bond acceptors (Lipinski definition) is 5. The van der Waals surface area contributed by atoms with Gasteiger partial charge in [0.1, 0.15) is 11.6 Å². The van der Waals surface area contributed by atoms with Gasteiger partial charge < -0.3 is 15.5 Å². The second-order valence-corrected chi connectivity index (χ2v) is 7.75. The van der Waals surface area contributed by atoms with Crippen LogP contribution in [0.25, 0.3) is 16.5 Å². The summed E-state index contributed by atoms with van der Waals surface area (Å²) in [6.07, 6.45) is 2.23. The van der Waals surface area contributed by atoms with E-state index in [0.717, 1.165) is 35.1 Å². The third-order valence-electron chi connectivity index (χ3n) is 5.58. The first kappa shape index (κ1) is 21.1. The molecule has 0 amide bonds. The van der Waals surface area contributed by atoms with E-state index in [0.29, 0.717) is 24.0 Å². The number of fused-ring (bicyclic) bond motifs is 1. The molecule has 3 N–H and O–H groups in total. The molecule has 0 saturated carbocycles. The van der Waals surface area contributed by atoms with Gasteiger partial charge in [-0.2, -0.15) is 10.2 Å². The van der Waals surface area contributed by atoms with Crippen LogP contribution in [0.1, 0.15) is 55.3 Å². The summed E-state index contributed by atoms with van der Waals surface area (Å²) in [5.74, 6) is -1.47. The second kappa shape index (κ2) is 8.55. The first-order valence-corrected chi connectivity index (χ1v) is 10.0. The highest BCUT2D eigenvalue weighted by Crippen LogP contribution is 2.35. The molecule has 1 aromatic heterocycles. The van der Waals surface area contributed by atoms with Crippen LogP contribution in [0.5, 0.6) is 5.75 Å². The average Bonchev–Trinajstić information content (AvgIpc) is 2.75. The number of anilines is 1. The van der Waals surface area contributed by atoms with Crippen molar-refractivity contribution in [1.82, 2.24) is 10.2 Å². The Bertz CT molecular complexity index is 1150. The summed E-state index contributed by atoms with van der Waals surface area (Å²) in [6.45, 7) is 1.62. The molecule has 2 atom stereocenters. The van der Waals surface area contributed by atoms with Gasteiger partial charge in [-0.25, -0.2) is 13.2 Å². The van der Waals surface area contributed by atoms with Gasteiger partial charge in [0.25, 0.3) is 6.43 Å². The number of aromatic nitrogens is 2. The number of nitrogens with one attached hydrogen (secondary N) is 1. The van der Waals surface area contributed by atoms with Gasteiger partial charge in [0.15, 0.2) is 0 Å². The van der Waals surface area contributed by atoms with E-state index < -0.39 is 29.6 Å². The zero-order valence-electron chi connectivity index (χ0n) is 16.8. The van der Waals surface area contributed by atoms with Crippen LogP contribution >= 0.6 is 0 Å². The van der Waals surface area contributed by atoms with Crippen LogP contribution in [0.2, 0.25) is 0 Å². The lowest BCUT2D eigenvalue weighted by Gasteiger charge is -2.20. The molecule has 0 spiro atoms. The molecule has 1 aliphatic carbocycles. The number of allylic oxidation sites excluding steroid dienone is 1.